The van der Waals surface area contributed by atoms with Crippen molar-refractivity contribution >= 4 is 10.9 Å². The molecule has 4 rings (SSSR count). The molecule has 0 amide bonds. The van der Waals surface area contributed by atoms with Gasteiger partial charge in [0.15, 0.2) is 11.6 Å². The first-order valence-corrected chi connectivity index (χ1v) is 10.1. The van der Waals surface area contributed by atoms with Gasteiger partial charge in [0.2, 0.25) is 5.89 Å². The lowest BCUT2D eigenvalue weighted by Crippen LogP contribution is -2.33. The highest BCUT2D eigenvalue weighted by Gasteiger charge is 2.18. The fourth-order valence-corrected chi connectivity index (χ4v) is 3.38. The van der Waals surface area contributed by atoms with Crippen molar-refractivity contribution in [2.24, 2.45) is 0 Å². The Morgan fingerprint density at radius 2 is 1.90 bits per heavy atom. The van der Waals surface area contributed by atoms with E-state index in [1.165, 1.54) is 12.3 Å². The van der Waals surface area contributed by atoms with Crippen LogP contribution in [-0.4, -0.2) is 25.9 Å². The molecule has 0 spiro atoms. The zero-order chi connectivity index (χ0) is 22.0. The van der Waals surface area contributed by atoms with E-state index in [2.05, 4.69) is 33.7 Å². The van der Waals surface area contributed by atoms with Crippen LogP contribution in [0.2, 0.25) is 0 Å². The molecule has 8 heteroatoms. The van der Waals surface area contributed by atoms with Gasteiger partial charge < -0.3 is 9.40 Å². The van der Waals surface area contributed by atoms with Crippen molar-refractivity contribution in [1.29, 1.82) is 0 Å². The molecule has 0 aliphatic carbocycles. The standard InChI is InChI=1S/C23H22F2N4O2/c1-3-14(2)29(12-21-27-20-7-5-4-6-17(20)22(30)28-21)11-16-13-31-23(26-16)15-8-9-18(24)19(25)10-15/h4-10,13-14H,3,11-12H2,1-2H3,(H,27,28,30). The normalized spacial score (nSPS) is 12.5. The Morgan fingerprint density at radius 3 is 2.68 bits per heavy atom. The van der Waals surface area contributed by atoms with Gasteiger partial charge in [-0.25, -0.2) is 18.7 Å². The lowest BCUT2D eigenvalue weighted by molar-refractivity contribution is 0.179. The second-order valence-electron chi connectivity index (χ2n) is 7.46. The molecule has 1 unspecified atom stereocenters. The van der Waals surface area contributed by atoms with Gasteiger partial charge in [0, 0.05) is 18.2 Å². The molecular formula is C23H22F2N4O2. The number of aromatic nitrogens is 3. The largest absolute Gasteiger partial charge is 0.444 e. The third kappa shape index (κ3) is 4.54. The average molecular weight is 424 g/mol. The second-order valence-corrected chi connectivity index (χ2v) is 7.46. The molecule has 2 heterocycles. The highest BCUT2D eigenvalue weighted by atomic mass is 19.2. The van der Waals surface area contributed by atoms with Gasteiger partial charge in [-0.1, -0.05) is 19.1 Å². The molecule has 0 saturated carbocycles. The third-order valence-electron chi connectivity index (χ3n) is 5.31. The molecule has 0 fully saturated rings. The Bertz CT molecular complexity index is 1270. The third-order valence-corrected chi connectivity index (χ3v) is 5.31. The average Bonchev–Trinajstić information content (AvgIpc) is 3.23. The molecule has 4 aromatic rings. The van der Waals surface area contributed by atoms with E-state index >= 15 is 0 Å². The Kier molecular flexibility index (Phi) is 5.90. The molecule has 0 radical (unpaired) electrons. The number of halogens is 2. The summed E-state index contributed by atoms with van der Waals surface area (Å²) in [5.41, 5.74) is 1.48. The summed E-state index contributed by atoms with van der Waals surface area (Å²) < 4.78 is 32.2. The Morgan fingerprint density at radius 1 is 1.10 bits per heavy atom. The first-order chi connectivity index (χ1) is 14.9. The summed E-state index contributed by atoms with van der Waals surface area (Å²) in [4.78, 5) is 26.4. The number of nitrogens with zero attached hydrogens (tertiary/aromatic N) is 3. The van der Waals surface area contributed by atoms with Crippen molar-refractivity contribution in [1.82, 2.24) is 19.9 Å². The SMILES string of the molecule is CCC(C)N(Cc1coc(-c2ccc(F)c(F)c2)n1)Cc1nc2ccccc2c(=O)[nH]1. The Hall–Kier alpha value is -3.39. The van der Waals surface area contributed by atoms with Crippen LogP contribution in [0.3, 0.4) is 0 Å². The van der Waals surface area contributed by atoms with Crippen molar-refractivity contribution in [2.75, 3.05) is 0 Å². The van der Waals surface area contributed by atoms with Crippen LogP contribution in [0, 0.1) is 11.6 Å². The van der Waals surface area contributed by atoms with E-state index in [1.807, 2.05) is 12.1 Å². The maximum absolute atomic E-state index is 13.5. The van der Waals surface area contributed by atoms with Crippen LogP contribution in [-0.2, 0) is 13.1 Å². The molecule has 31 heavy (non-hydrogen) atoms. The van der Waals surface area contributed by atoms with Crippen LogP contribution in [0.1, 0.15) is 31.8 Å². The quantitative estimate of drug-likeness (QED) is 0.467. The summed E-state index contributed by atoms with van der Waals surface area (Å²) in [5, 5.41) is 0.550. The molecule has 0 aliphatic rings. The number of fused-ring (bicyclic) bond motifs is 1. The molecular weight excluding hydrogens is 402 g/mol. The summed E-state index contributed by atoms with van der Waals surface area (Å²) in [6, 6.07) is 10.9. The zero-order valence-electron chi connectivity index (χ0n) is 17.2. The molecule has 1 atom stereocenters. The Balaban J connectivity index is 1.57. The van der Waals surface area contributed by atoms with Gasteiger partial charge in [-0.15, -0.1) is 0 Å². The lowest BCUT2D eigenvalue weighted by Gasteiger charge is -2.27. The second kappa shape index (κ2) is 8.77. The summed E-state index contributed by atoms with van der Waals surface area (Å²) in [7, 11) is 0. The van der Waals surface area contributed by atoms with Gasteiger partial charge in [0.1, 0.15) is 12.1 Å². The molecule has 0 bridgehead atoms. The van der Waals surface area contributed by atoms with Crippen molar-refractivity contribution < 1.29 is 13.2 Å². The Labute approximate surface area is 177 Å². The number of hydrogen-bond acceptors (Lipinski definition) is 5. The number of H-pyrrole nitrogens is 1. The van der Waals surface area contributed by atoms with E-state index in [-0.39, 0.29) is 17.5 Å². The van der Waals surface area contributed by atoms with E-state index < -0.39 is 11.6 Å². The minimum Gasteiger partial charge on any atom is -0.444 e. The summed E-state index contributed by atoms with van der Waals surface area (Å²) in [6.07, 6.45) is 2.38. The van der Waals surface area contributed by atoms with E-state index in [1.54, 1.807) is 12.1 Å². The molecule has 0 saturated heterocycles. The maximum atomic E-state index is 13.5. The van der Waals surface area contributed by atoms with E-state index in [0.29, 0.717) is 41.1 Å². The lowest BCUT2D eigenvalue weighted by atomic mass is 10.2. The van der Waals surface area contributed by atoms with E-state index in [4.69, 9.17) is 4.42 Å². The maximum Gasteiger partial charge on any atom is 0.258 e. The number of oxazole rings is 1. The molecule has 2 aromatic heterocycles. The van der Waals surface area contributed by atoms with Crippen molar-refractivity contribution in [3.05, 3.63) is 82.2 Å². The van der Waals surface area contributed by atoms with Crippen LogP contribution >= 0.6 is 0 Å². The van der Waals surface area contributed by atoms with E-state index in [9.17, 15) is 13.6 Å². The number of benzene rings is 2. The van der Waals surface area contributed by atoms with Gasteiger partial charge in [0.05, 0.1) is 23.1 Å². The highest BCUT2D eigenvalue weighted by molar-refractivity contribution is 5.77. The molecule has 0 aliphatic heterocycles. The predicted molar refractivity (Wildman–Crippen MR) is 113 cm³/mol. The molecule has 160 valence electrons. The fourth-order valence-electron chi connectivity index (χ4n) is 3.38. The fraction of sp³-hybridized carbons (Fsp3) is 0.261. The van der Waals surface area contributed by atoms with Gasteiger partial charge in [-0.3, -0.25) is 9.69 Å². The summed E-state index contributed by atoms with van der Waals surface area (Å²) in [6.45, 7) is 5.01. The minimum absolute atomic E-state index is 0.174. The number of hydrogen-bond donors (Lipinski definition) is 1. The monoisotopic (exact) mass is 424 g/mol. The number of rotatable bonds is 7. The van der Waals surface area contributed by atoms with Crippen molar-refractivity contribution in [3.63, 3.8) is 0 Å². The van der Waals surface area contributed by atoms with Crippen LogP contribution < -0.4 is 5.56 Å². The van der Waals surface area contributed by atoms with Gasteiger partial charge in [-0.2, -0.15) is 0 Å². The van der Waals surface area contributed by atoms with Gasteiger partial charge in [-0.05, 0) is 43.7 Å². The summed E-state index contributed by atoms with van der Waals surface area (Å²) in [5.74, 6) is -1.09. The van der Waals surface area contributed by atoms with Crippen LogP contribution in [0.25, 0.3) is 22.4 Å². The first kappa shape index (κ1) is 20.9. The van der Waals surface area contributed by atoms with Gasteiger partial charge in [0.25, 0.3) is 5.56 Å². The molecule has 6 nitrogen and oxygen atoms in total. The molecule has 1 N–H and O–H groups in total. The van der Waals surface area contributed by atoms with Crippen LogP contribution in [0.15, 0.2) is 57.9 Å². The number of aromatic amines is 1. The van der Waals surface area contributed by atoms with Crippen molar-refractivity contribution in [3.8, 4) is 11.5 Å². The number of para-hydroxylation sites is 1. The van der Waals surface area contributed by atoms with Crippen LogP contribution in [0.5, 0.6) is 0 Å². The topological polar surface area (TPSA) is 75.0 Å². The first-order valence-electron chi connectivity index (χ1n) is 10.1. The summed E-state index contributed by atoms with van der Waals surface area (Å²) >= 11 is 0. The predicted octanol–water partition coefficient (Wildman–Crippen LogP) is 4.66. The van der Waals surface area contributed by atoms with E-state index in [0.717, 1.165) is 18.6 Å². The zero-order valence-corrected chi connectivity index (χ0v) is 17.2. The highest BCUT2D eigenvalue weighted by Crippen LogP contribution is 2.22. The minimum atomic E-state index is -0.954. The van der Waals surface area contributed by atoms with Crippen molar-refractivity contribution in [2.45, 2.75) is 39.4 Å². The van der Waals surface area contributed by atoms with Crippen LogP contribution in [0.4, 0.5) is 8.78 Å². The van der Waals surface area contributed by atoms with Gasteiger partial charge >= 0.3 is 0 Å². The smallest absolute Gasteiger partial charge is 0.258 e. The number of nitrogens with one attached hydrogen (secondary N) is 1. The molecule has 2 aromatic carbocycles.